The standard InChI is InChI=1S/C16H22F4N2O/c1-21-9-11-22(12-10-21)8-2-3-13-4-6-14(7-5-13)23-16(19,20)15(17)18/h4-7,15H,2-3,8-12H2,1H3. The molecule has 0 radical (unpaired) electrons. The molecular weight excluding hydrogens is 312 g/mol. The molecule has 1 heterocycles. The molecule has 1 saturated heterocycles. The van der Waals surface area contributed by atoms with Crippen molar-refractivity contribution in [3.8, 4) is 5.75 Å². The Morgan fingerprint density at radius 2 is 1.70 bits per heavy atom. The predicted molar refractivity (Wildman–Crippen MR) is 80.3 cm³/mol. The number of aryl methyl sites for hydroxylation is 1. The van der Waals surface area contributed by atoms with E-state index in [0.29, 0.717) is 0 Å². The lowest BCUT2D eigenvalue weighted by molar-refractivity contribution is -0.253. The summed E-state index contributed by atoms with van der Waals surface area (Å²) in [6.07, 6.45) is -6.51. The highest BCUT2D eigenvalue weighted by molar-refractivity contribution is 5.27. The molecule has 130 valence electrons. The van der Waals surface area contributed by atoms with Crippen molar-refractivity contribution in [2.75, 3.05) is 39.8 Å². The van der Waals surface area contributed by atoms with E-state index in [9.17, 15) is 17.6 Å². The van der Waals surface area contributed by atoms with Crippen LogP contribution in [0.3, 0.4) is 0 Å². The van der Waals surface area contributed by atoms with Crippen LogP contribution in [0.25, 0.3) is 0 Å². The topological polar surface area (TPSA) is 15.7 Å². The summed E-state index contributed by atoms with van der Waals surface area (Å²) in [6.45, 7) is 5.27. The van der Waals surface area contributed by atoms with Crippen molar-refractivity contribution in [2.45, 2.75) is 25.4 Å². The summed E-state index contributed by atoms with van der Waals surface area (Å²) in [7, 11) is 2.11. The Morgan fingerprint density at radius 1 is 1.09 bits per heavy atom. The van der Waals surface area contributed by atoms with Gasteiger partial charge < -0.3 is 14.5 Å². The third kappa shape index (κ3) is 5.66. The highest BCUT2D eigenvalue weighted by Gasteiger charge is 2.43. The average molecular weight is 334 g/mol. The first-order chi connectivity index (χ1) is 10.9. The molecule has 1 aromatic carbocycles. The Balaban J connectivity index is 1.75. The third-order valence-corrected chi connectivity index (χ3v) is 3.97. The molecule has 7 heteroatoms. The van der Waals surface area contributed by atoms with Gasteiger partial charge in [0.05, 0.1) is 0 Å². The first-order valence-electron chi connectivity index (χ1n) is 7.71. The molecule has 3 nitrogen and oxygen atoms in total. The third-order valence-electron chi connectivity index (χ3n) is 3.97. The lowest BCUT2D eigenvalue weighted by atomic mass is 10.1. The quantitative estimate of drug-likeness (QED) is 0.713. The molecule has 1 aromatic rings. The van der Waals surface area contributed by atoms with Crippen LogP contribution in [0, 0.1) is 0 Å². The van der Waals surface area contributed by atoms with Gasteiger partial charge in [-0.1, -0.05) is 12.1 Å². The fraction of sp³-hybridized carbons (Fsp3) is 0.625. The number of likely N-dealkylation sites (N-methyl/N-ethyl adjacent to an activating group) is 1. The van der Waals surface area contributed by atoms with Crippen molar-refractivity contribution in [1.82, 2.24) is 9.80 Å². The molecule has 0 N–H and O–H groups in total. The minimum absolute atomic E-state index is 0.252. The maximum Gasteiger partial charge on any atom is 0.461 e. The highest BCUT2D eigenvalue weighted by atomic mass is 19.3. The largest absolute Gasteiger partial charge is 0.461 e. The van der Waals surface area contributed by atoms with Gasteiger partial charge in [-0.2, -0.15) is 17.6 Å². The summed E-state index contributed by atoms with van der Waals surface area (Å²) < 4.78 is 53.7. The Labute approximate surface area is 133 Å². The van der Waals surface area contributed by atoms with Crippen LogP contribution in [0.5, 0.6) is 5.75 Å². The van der Waals surface area contributed by atoms with E-state index >= 15 is 0 Å². The molecule has 23 heavy (non-hydrogen) atoms. The SMILES string of the molecule is CN1CCN(CCCc2ccc(OC(F)(F)C(F)F)cc2)CC1. The van der Waals surface area contributed by atoms with Crippen LogP contribution >= 0.6 is 0 Å². The van der Waals surface area contributed by atoms with E-state index in [1.54, 1.807) is 12.1 Å². The number of hydrogen-bond donors (Lipinski definition) is 0. The zero-order chi connectivity index (χ0) is 16.9. The van der Waals surface area contributed by atoms with Crippen LogP contribution in [-0.4, -0.2) is 62.1 Å². The number of alkyl halides is 4. The van der Waals surface area contributed by atoms with Crippen molar-refractivity contribution in [1.29, 1.82) is 0 Å². The summed E-state index contributed by atoms with van der Waals surface area (Å²) >= 11 is 0. The lowest BCUT2D eigenvalue weighted by Crippen LogP contribution is -2.44. The van der Waals surface area contributed by atoms with Crippen molar-refractivity contribution in [3.63, 3.8) is 0 Å². The Hall–Kier alpha value is -1.34. The van der Waals surface area contributed by atoms with Crippen LogP contribution in [0.15, 0.2) is 24.3 Å². The van der Waals surface area contributed by atoms with Gasteiger partial charge in [0.15, 0.2) is 0 Å². The molecule has 0 atom stereocenters. The van der Waals surface area contributed by atoms with Crippen LogP contribution < -0.4 is 4.74 Å². The first-order valence-corrected chi connectivity index (χ1v) is 7.71. The summed E-state index contributed by atoms with van der Waals surface area (Å²) in [5, 5.41) is 0. The van der Waals surface area contributed by atoms with E-state index in [1.165, 1.54) is 12.1 Å². The Kier molecular flexibility index (Phi) is 6.24. The van der Waals surface area contributed by atoms with E-state index in [4.69, 9.17) is 0 Å². The molecular formula is C16H22F4N2O. The summed E-state index contributed by atoms with van der Waals surface area (Å²) in [5.41, 5.74) is 0.979. The highest BCUT2D eigenvalue weighted by Crippen LogP contribution is 2.27. The van der Waals surface area contributed by atoms with E-state index in [-0.39, 0.29) is 5.75 Å². The molecule has 0 bridgehead atoms. The number of hydrogen-bond acceptors (Lipinski definition) is 3. The monoisotopic (exact) mass is 334 g/mol. The molecule has 0 unspecified atom stereocenters. The van der Waals surface area contributed by atoms with Crippen LogP contribution in [-0.2, 0) is 6.42 Å². The van der Waals surface area contributed by atoms with Gasteiger partial charge in [0.1, 0.15) is 5.75 Å². The number of halogens is 4. The van der Waals surface area contributed by atoms with Gasteiger partial charge in [-0.05, 0) is 44.1 Å². The Bertz CT molecular complexity index is 473. The van der Waals surface area contributed by atoms with Gasteiger partial charge >= 0.3 is 12.5 Å². The molecule has 1 aliphatic heterocycles. The van der Waals surface area contributed by atoms with Gasteiger partial charge in [-0.25, -0.2) is 0 Å². The summed E-state index contributed by atoms with van der Waals surface area (Å²) in [4.78, 5) is 4.70. The minimum Gasteiger partial charge on any atom is -0.428 e. The van der Waals surface area contributed by atoms with Gasteiger partial charge in [0, 0.05) is 26.2 Å². The second-order valence-corrected chi connectivity index (χ2v) is 5.86. The normalized spacial score (nSPS) is 17.7. The van der Waals surface area contributed by atoms with Crippen molar-refractivity contribution >= 4 is 0 Å². The van der Waals surface area contributed by atoms with Crippen molar-refractivity contribution in [2.24, 2.45) is 0 Å². The molecule has 1 fully saturated rings. The number of piperazine rings is 1. The van der Waals surface area contributed by atoms with E-state index in [1.807, 2.05) is 0 Å². The van der Waals surface area contributed by atoms with E-state index in [2.05, 4.69) is 21.6 Å². The molecule has 1 aliphatic rings. The number of benzene rings is 1. The van der Waals surface area contributed by atoms with Crippen LogP contribution in [0.1, 0.15) is 12.0 Å². The van der Waals surface area contributed by atoms with Gasteiger partial charge in [-0.3, -0.25) is 0 Å². The number of rotatable bonds is 7. The number of ether oxygens (including phenoxy) is 1. The second-order valence-electron chi connectivity index (χ2n) is 5.86. The average Bonchev–Trinajstić information content (AvgIpc) is 2.50. The zero-order valence-corrected chi connectivity index (χ0v) is 13.2. The molecule has 0 aromatic heterocycles. The lowest BCUT2D eigenvalue weighted by Gasteiger charge is -2.32. The van der Waals surface area contributed by atoms with Crippen molar-refractivity contribution in [3.05, 3.63) is 29.8 Å². The summed E-state index contributed by atoms with van der Waals surface area (Å²) in [5.74, 6) is -0.252. The predicted octanol–water partition coefficient (Wildman–Crippen LogP) is 3.10. The van der Waals surface area contributed by atoms with Gasteiger partial charge in [-0.15, -0.1) is 0 Å². The molecule has 0 aliphatic carbocycles. The molecule has 0 saturated carbocycles. The Morgan fingerprint density at radius 3 is 2.26 bits per heavy atom. The fourth-order valence-corrected chi connectivity index (χ4v) is 2.50. The van der Waals surface area contributed by atoms with Crippen molar-refractivity contribution < 1.29 is 22.3 Å². The van der Waals surface area contributed by atoms with E-state index < -0.39 is 12.5 Å². The molecule has 0 amide bonds. The molecule has 0 spiro atoms. The minimum atomic E-state index is -4.46. The zero-order valence-electron chi connectivity index (χ0n) is 13.2. The van der Waals surface area contributed by atoms with E-state index in [0.717, 1.165) is 51.1 Å². The maximum absolute atomic E-state index is 12.8. The van der Waals surface area contributed by atoms with Crippen LogP contribution in [0.2, 0.25) is 0 Å². The fourth-order valence-electron chi connectivity index (χ4n) is 2.50. The first kappa shape index (κ1) is 18.0. The second kappa shape index (κ2) is 7.97. The number of nitrogens with zero attached hydrogens (tertiary/aromatic N) is 2. The van der Waals surface area contributed by atoms with Gasteiger partial charge in [0.25, 0.3) is 0 Å². The summed E-state index contributed by atoms with van der Waals surface area (Å²) in [6, 6.07) is 5.89. The molecule has 2 rings (SSSR count). The smallest absolute Gasteiger partial charge is 0.428 e. The maximum atomic E-state index is 12.8. The van der Waals surface area contributed by atoms with Crippen LogP contribution in [0.4, 0.5) is 17.6 Å². The van der Waals surface area contributed by atoms with Gasteiger partial charge in [0.2, 0.25) is 0 Å².